The molecule has 1 aromatic carbocycles. The third-order valence-electron chi connectivity index (χ3n) is 2.09. The molecular weight excluding hydrogens is 271 g/mol. The minimum atomic E-state index is -4.73. The molecule has 0 bridgehead atoms. The molecule has 0 N–H and O–H groups in total. The molecule has 1 heterocycles. The van der Waals surface area contributed by atoms with Crippen LogP contribution in [0.3, 0.4) is 0 Å². The lowest BCUT2D eigenvalue weighted by Crippen LogP contribution is -2.05. The Hall–Kier alpha value is -2.21. The molecule has 0 amide bonds. The van der Waals surface area contributed by atoms with E-state index in [0.717, 1.165) is 6.07 Å². The van der Waals surface area contributed by atoms with E-state index in [2.05, 4.69) is 4.98 Å². The first-order valence-electron chi connectivity index (χ1n) is 4.39. The van der Waals surface area contributed by atoms with Gasteiger partial charge in [-0.2, -0.15) is 18.4 Å². The second kappa shape index (κ2) is 3.92. The number of fused-ring (bicyclic) bond motifs is 1. The van der Waals surface area contributed by atoms with Gasteiger partial charge in [-0.1, -0.05) is 0 Å². The van der Waals surface area contributed by atoms with Crippen LogP contribution in [0, 0.1) is 21.4 Å². The van der Waals surface area contributed by atoms with Crippen molar-refractivity contribution in [2.45, 2.75) is 6.18 Å². The predicted molar refractivity (Wildman–Crippen MR) is 56.0 cm³/mol. The van der Waals surface area contributed by atoms with Gasteiger partial charge in [-0.15, -0.1) is 11.3 Å². The molecule has 2 rings (SSSR count). The molecule has 18 heavy (non-hydrogen) atoms. The van der Waals surface area contributed by atoms with Crippen LogP contribution in [0.4, 0.5) is 18.9 Å². The van der Waals surface area contributed by atoms with Crippen molar-refractivity contribution < 1.29 is 18.1 Å². The molecule has 2 aromatic rings. The van der Waals surface area contributed by atoms with Crippen LogP contribution in [0.2, 0.25) is 0 Å². The van der Waals surface area contributed by atoms with E-state index in [4.69, 9.17) is 5.26 Å². The molecule has 0 saturated heterocycles. The van der Waals surface area contributed by atoms with Gasteiger partial charge in [-0.25, -0.2) is 4.98 Å². The Labute approximate surface area is 101 Å². The smallest absolute Gasteiger partial charge is 0.258 e. The molecule has 9 heteroatoms. The Kier molecular flexibility index (Phi) is 2.67. The zero-order valence-electron chi connectivity index (χ0n) is 8.35. The maximum Gasteiger partial charge on any atom is 0.418 e. The molecule has 0 atom stereocenters. The molecule has 0 aliphatic carbocycles. The van der Waals surface area contributed by atoms with Gasteiger partial charge in [0.15, 0.2) is 5.01 Å². The van der Waals surface area contributed by atoms with Crippen LogP contribution in [0.1, 0.15) is 10.6 Å². The Balaban J connectivity index is 2.84. The van der Waals surface area contributed by atoms with Crippen LogP contribution < -0.4 is 0 Å². The zero-order valence-corrected chi connectivity index (χ0v) is 9.17. The number of nitro benzene ring substituents is 1. The Bertz CT molecular complexity index is 687. The highest BCUT2D eigenvalue weighted by molar-refractivity contribution is 7.19. The average molecular weight is 273 g/mol. The number of nitro groups is 1. The number of alkyl halides is 3. The summed E-state index contributed by atoms with van der Waals surface area (Å²) in [7, 11) is 0. The highest BCUT2D eigenvalue weighted by Gasteiger charge is 2.35. The van der Waals surface area contributed by atoms with E-state index in [1.807, 2.05) is 0 Å². The fraction of sp³-hybridized carbons (Fsp3) is 0.111. The van der Waals surface area contributed by atoms with Crippen molar-refractivity contribution in [1.82, 2.24) is 4.98 Å². The fourth-order valence-electron chi connectivity index (χ4n) is 1.38. The first-order chi connectivity index (χ1) is 8.32. The summed E-state index contributed by atoms with van der Waals surface area (Å²) in [5, 5.41) is 19.0. The summed E-state index contributed by atoms with van der Waals surface area (Å²) in [5.74, 6) is 0. The Morgan fingerprint density at radius 1 is 1.44 bits per heavy atom. The lowest BCUT2D eigenvalue weighted by Gasteiger charge is -2.06. The van der Waals surface area contributed by atoms with E-state index >= 15 is 0 Å². The van der Waals surface area contributed by atoms with E-state index in [0.29, 0.717) is 17.4 Å². The summed E-state index contributed by atoms with van der Waals surface area (Å²) in [4.78, 5) is 13.2. The number of thiazole rings is 1. The van der Waals surface area contributed by atoms with Crippen LogP contribution in [-0.4, -0.2) is 9.91 Å². The summed E-state index contributed by atoms with van der Waals surface area (Å²) in [6, 6.07) is 2.98. The van der Waals surface area contributed by atoms with Crippen molar-refractivity contribution in [2.24, 2.45) is 0 Å². The molecule has 0 saturated carbocycles. The molecule has 0 aliphatic rings. The van der Waals surface area contributed by atoms with Crippen molar-refractivity contribution in [3.63, 3.8) is 0 Å². The quantitative estimate of drug-likeness (QED) is 0.590. The molecule has 0 radical (unpaired) electrons. The lowest BCUT2D eigenvalue weighted by atomic mass is 10.2. The van der Waals surface area contributed by atoms with Crippen molar-refractivity contribution in [3.05, 3.63) is 32.8 Å². The van der Waals surface area contributed by atoms with Crippen molar-refractivity contribution in [1.29, 1.82) is 5.26 Å². The third kappa shape index (κ3) is 1.98. The number of nitrogens with zero attached hydrogens (tertiary/aromatic N) is 3. The van der Waals surface area contributed by atoms with E-state index in [9.17, 15) is 23.3 Å². The minimum absolute atomic E-state index is 0.170. The summed E-state index contributed by atoms with van der Waals surface area (Å²) < 4.78 is 38.0. The molecule has 0 fully saturated rings. The highest BCUT2D eigenvalue weighted by Crippen LogP contribution is 2.39. The van der Waals surface area contributed by atoms with Crippen LogP contribution in [-0.2, 0) is 6.18 Å². The Morgan fingerprint density at radius 3 is 2.61 bits per heavy atom. The number of hydrogen-bond donors (Lipinski definition) is 0. The van der Waals surface area contributed by atoms with E-state index in [-0.39, 0.29) is 15.2 Å². The van der Waals surface area contributed by atoms with Gasteiger partial charge in [0.25, 0.3) is 5.69 Å². The van der Waals surface area contributed by atoms with Crippen LogP contribution >= 0.6 is 11.3 Å². The standard InChI is InChI=1S/C9H2F3N3O2S/c10-9(11,12)5-1-4(15(16)17)2-6-8(5)18-7(3-13)14-6/h1-2H. The largest absolute Gasteiger partial charge is 0.418 e. The average Bonchev–Trinajstić information content (AvgIpc) is 2.68. The zero-order chi connectivity index (χ0) is 13.5. The number of aromatic nitrogens is 1. The third-order valence-corrected chi connectivity index (χ3v) is 3.10. The number of non-ortho nitro benzene ring substituents is 1. The monoisotopic (exact) mass is 273 g/mol. The topological polar surface area (TPSA) is 79.8 Å². The van der Waals surface area contributed by atoms with Gasteiger partial charge in [0.1, 0.15) is 6.07 Å². The summed E-state index contributed by atoms with van der Waals surface area (Å²) in [6.07, 6.45) is -4.73. The molecule has 1 aromatic heterocycles. The summed E-state index contributed by atoms with van der Waals surface area (Å²) in [5.41, 5.74) is -2.05. The number of hydrogen-bond acceptors (Lipinski definition) is 5. The van der Waals surface area contributed by atoms with Gasteiger partial charge in [0, 0.05) is 12.1 Å². The van der Waals surface area contributed by atoms with Gasteiger partial charge in [0.2, 0.25) is 0 Å². The predicted octanol–water partition coefficient (Wildman–Crippen LogP) is 3.09. The van der Waals surface area contributed by atoms with E-state index in [1.54, 1.807) is 6.07 Å². The molecular formula is C9H2F3N3O2S. The van der Waals surface area contributed by atoms with Crippen LogP contribution in [0.25, 0.3) is 10.2 Å². The SMILES string of the molecule is N#Cc1nc2cc([N+](=O)[O-])cc(C(F)(F)F)c2s1. The number of rotatable bonds is 1. The first kappa shape index (κ1) is 12.3. The highest BCUT2D eigenvalue weighted by atomic mass is 32.1. The maximum absolute atomic E-state index is 12.7. The molecule has 0 unspecified atom stereocenters. The summed E-state index contributed by atoms with van der Waals surface area (Å²) in [6.45, 7) is 0. The fourth-order valence-corrected chi connectivity index (χ4v) is 2.26. The van der Waals surface area contributed by atoms with Gasteiger partial charge < -0.3 is 0 Å². The van der Waals surface area contributed by atoms with Gasteiger partial charge >= 0.3 is 6.18 Å². The van der Waals surface area contributed by atoms with Gasteiger partial charge in [0.05, 0.1) is 20.7 Å². The van der Waals surface area contributed by atoms with Crippen molar-refractivity contribution in [3.8, 4) is 6.07 Å². The number of nitriles is 1. The first-order valence-corrected chi connectivity index (χ1v) is 5.21. The van der Waals surface area contributed by atoms with Crippen LogP contribution in [0.15, 0.2) is 12.1 Å². The maximum atomic E-state index is 12.7. The van der Waals surface area contributed by atoms with Crippen molar-refractivity contribution in [2.75, 3.05) is 0 Å². The van der Waals surface area contributed by atoms with Gasteiger partial charge in [-0.3, -0.25) is 10.1 Å². The molecule has 0 aliphatic heterocycles. The molecule has 0 spiro atoms. The molecule has 92 valence electrons. The van der Waals surface area contributed by atoms with Crippen molar-refractivity contribution >= 4 is 27.2 Å². The number of halogens is 3. The second-order valence-corrected chi connectivity index (χ2v) is 4.23. The Morgan fingerprint density at radius 2 is 2.11 bits per heavy atom. The second-order valence-electron chi connectivity index (χ2n) is 3.23. The van der Waals surface area contributed by atoms with Gasteiger partial charge in [-0.05, 0) is 0 Å². The van der Waals surface area contributed by atoms with E-state index < -0.39 is 22.4 Å². The normalized spacial score (nSPS) is 11.4. The summed E-state index contributed by atoms with van der Waals surface area (Å²) >= 11 is 0.556. The number of benzene rings is 1. The lowest BCUT2D eigenvalue weighted by molar-refractivity contribution is -0.385. The van der Waals surface area contributed by atoms with Crippen LogP contribution in [0.5, 0.6) is 0 Å². The van der Waals surface area contributed by atoms with E-state index in [1.165, 1.54) is 0 Å². The molecule has 5 nitrogen and oxygen atoms in total. The minimum Gasteiger partial charge on any atom is -0.258 e.